The fraction of sp³-hybridized carbons (Fsp3) is 0.357. The molecule has 1 atom stereocenters. The van der Waals surface area contributed by atoms with Gasteiger partial charge in [-0.3, -0.25) is 4.79 Å². The highest BCUT2D eigenvalue weighted by Gasteiger charge is 2.49. The lowest BCUT2D eigenvalue weighted by atomic mass is 9.91. The standard InChI is InChI=1S/C14H17F2NO3Si/c1-14(8-5-9(15)7-10(16)6-8)12(18)11(13(17)19-14)20-21(2,3)4/h5-7H,17H2,1-4H3. The van der Waals surface area contributed by atoms with Crippen LogP contribution in [0.25, 0.3) is 0 Å². The van der Waals surface area contributed by atoms with E-state index in [2.05, 4.69) is 0 Å². The van der Waals surface area contributed by atoms with Gasteiger partial charge in [-0.05, 0) is 38.7 Å². The Kier molecular flexibility index (Phi) is 3.57. The molecule has 0 aromatic heterocycles. The van der Waals surface area contributed by atoms with Crippen molar-refractivity contribution in [2.24, 2.45) is 5.73 Å². The maximum Gasteiger partial charge on any atom is 0.249 e. The van der Waals surface area contributed by atoms with Gasteiger partial charge in [-0.15, -0.1) is 0 Å². The van der Waals surface area contributed by atoms with Gasteiger partial charge in [0.15, 0.2) is 5.60 Å². The molecule has 0 amide bonds. The van der Waals surface area contributed by atoms with E-state index in [4.69, 9.17) is 14.9 Å². The Hall–Kier alpha value is -1.89. The molecule has 0 saturated carbocycles. The monoisotopic (exact) mass is 313 g/mol. The summed E-state index contributed by atoms with van der Waals surface area (Å²) in [6.07, 6.45) is 0. The van der Waals surface area contributed by atoms with E-state index in [1.165, 1.54) is 6.92 Å². The second-order valence-corrected chi connectivity index (χ2v) is 10.5. The maximum absolute atomic E-state index is 13.4. The molecular formula is C14H17F2NO3Si. The molecule has 1 aromatic rings. The first-order chi connectivity index (χ1) is 9.53. The second kappa shape index (κ2) is 4.83. The Labute approximate surface area is 122 Å². The van der Waals surface area contributed by atoms with Crippen LogP contribution in [0.4, 0.5) is 8.78 Å². The molecule has 1 aliphatic heterocycles. The van der Waals surface area contributed by atoms with E-state index >= 15 is 0 Å². The molecular weight excluding hydrogens is 296 g/mol. The van der Waals surface area contributed by atoms with Crippen LogP contribution >= 0.6 is 0 Å². The predicted octanol–water partition coefficient (Wildman–Crippen LogP) is 2.76. The fourth-order valence-electron chi connectivity index (χ4n) is 2.06. The van der Waals surface area contributed by atoms with Crippen LogP contribution in [0, 0.1) is 11.6 Å². The topological polar surface area (TPSA) is 61.6 Å². The summed E-state index contributed by atoms with van der Waals surface area (Å²) in [7, 11) is -2.08. The SMILES string of the molecule is CC1(c2cc(F)cc(F)c2)OC(N)=C(O[Si](C)(C)C)C1=O. The number of carbonyl (C=O) groups is 1. The highest BCUT2D eigenvalue weighted by atomic mass is 28.4. The number of benzene rings is 1. The van der Waals surface area contributed by atoms with Gasteiger partial charge in [0.05, 0.1) is 0 Å². The third-order valence-electron chi connectivity index (χ3n) is 3.00. The van der Waals surface area contributed by atoms with E-state index in [0.29, 0.717) is 0 Å². The van der Waals surface area contributed by atoms with Gasteiger partial charge in [0.2, 0.25) is 25.7 Å². The van der Waals surface area contributed by atoms with Gasteiger partial charge in [0, 0.05) is 11.6 Å². The minimum absolute atomic E-state index is 0.0575. The van der Waals surface area contributed by atoms with E-state index in [0.717, 1.165) is 18.2 Å². The summed E-state index contributed by atoms with van der Waals surface area (Å²) < 4.78 is 37.8. The lowest BCUT2D eigenvalue weighted by molar-refractivity contribution is -0.131. The molecule has 0 radical (unpaired) electrons. The number of ketones is 1. The Bertz CT molecular complexity index is 619. The molecule has 1 aliphatic rings. The number of hydrogen-bond donors (Lipinski definition) is 1. The zero-order valence-electron chi connectivity index (χ0n) is 12.3. The lowest BCUT2D eigenvalue weighted by Gasteiger charge is -2.24. The fourth-order valence-corrected chi connectivity index (χ4v) is 2.87. The molecule has 1 heterocycles. The van der Waals surface area contributed by atoms with Gasteiger partial charge in [-0.1, -0.05) is 0 Å². The smallest absolute Gasteiger partial charge is 0.249 e. The van der Waals surface area contributed by atoms with E-state index in [1.54, 1.807) is 0 Å². The van der Waals surface area contributed by atoms with Crippen LogP contribution in [0.1, 0.15) is 12.5 Å². The van der Waals surface area contributed by atoms with Crippen LogP contribution in [0.2, 0.25) is 19.6 Å². The van der Waals surface area contributed by atoms with Crippen LogP contribution < -0.4 is 5.73 Å². The molecule has 1 aromatic carbocycles. The highest BCUT2D eigenvalue weighted by Crippen LogP contribution is 2.38. The summed E-state index contributed by atoms with van der Waals surface area (Å²) in [5.41, 5.74) is 4.19. The van der Waals surface area contributed by atoms with Gasteiger partial charge < -0.3 is 14.9 Å². The summed E-state index contributed by atoms with van der Waals surface area (Å²) >= 11 is 0. The molecule has 0 saturated heterocycles. The van der Waals surface area contributed by atoms with Crippen molar-refractivity contribution >= 4 is 14.1 Å². The van der Waals surface area contributed by atoms with Crippen LogP contribution in [0.3, 0.4) is 0 Å². The zero-order chi connectivity index (χ0) is 16.0. The average Bonchev–Trinajstić information content (AvgIpc) is 2.51. The number of hydrogen-bond acceptors (Lipinski definition) is 4. The number of rotatable bonds is 3. The van der Waals surface area contributed by atoms with E-state index < -0.39 is 31.3 Å². The Morgan fingerprint density at radius 3 is 2.19 bits per heavy atom. The van der Waals surface area contributed by atoms with Crippen molar-refractivity contribution in [1.29, 1.82) is 0 Å². The molecule has 0 fully saturated rings. The van der Waals surface area contributed by atoms with Gasteiger partial charge in [0.1, 0.15) is 11.6 Å². The van der Waals surface area contributed by atoms with Crippen molar-refractivity contribution < 1.29 is 22.7 Å². The van der Waals surface area contributed by atoms with Crippen molar-refractivity contribution in [1.82, 2.24) is 0 Å². The molecule has 1 unspecified atom stereocenters. The minimum Gasteiger partial charge on any atom is -0.538 e. The Balaban J connectivity index is 2.41. The average molecular weight is 313 g/mol. The van der Waals surface area contributed by atoms with Crippen molar-refractivity contribution in [2.45, 2.75) is 32.2 Å². The summed E-state index contributed by atoms with van der Waals surface area (Å²) in [6.45, 7) is 7.07. The summed E-state index contributed by atoms with van der Waals surface area (Å²) in [4.78, 5) is 12.5. The summed E-state index contributed by atoms with van der Waals surface area (Å²) in [5.74, 6) is -2.34. The molecule has 2 rings (SSSR count). The Morgan fingerprint density at radius 2 is 1.71 bits per heavy atom. The third-order valence-corrected chi connectivity index (χ3v) is 3.82. The number of nitrogens with two attached hydrogens (primary N) is 1. The van der Waals surface area contributed by atoms with Crippen molar-refractivity contribution in [3.63, 3.8) is 0 Å². The van der Waals surface area contributed by atoms with Crippen molar-refractivity contribution in [3.05, 3.63) is 47.0 Å². The van der Waals surface area contributed by atoms with Crippen LogP contribution in [0.15, 0.2) is 29.8 Å². The lowest BCUT2D eigenvalue weighted by Crippen LogP contribution is -2.34. The molecule has 0 bridgehead atoms. The van der Waals surface area contributed by atoms with Crippen LogP contribution in [-0.4, -0.2) is 14.1 Å². The van der Waals surface area contributed by atoms with E-state index in [-0.39, 0.29) is 17.2 Å². The summed E-state index contributed by atoms with van der Waals surface area (Å²) in [6, 6.07) is 2.82. The largest absolute Gasteiger partial charge is 0.538 e. The van der Waals surface area contributed by atoms with Crippen molar-refractivity contribution in [2.75, 3.05) is 0 Å². The minimum atomic E-state index is -2.08. The summed E-state index contributed by atoms with van der Waals surface area (Å²) in [5, 5.41) is 0. The molecule has 7 heteroatoms. The molecule has 0 spiro atoms. The number of carbonyl (C=O) groups excluding carboxylic acids is 1. The zero-order valence-corrected chi connectivity index (χ0v) is 13.3. The van der Waals surface area contributed by atoms with E-state index in [1.807, 2.05) is 19.6 Å². The first-order valence-corrected chi connectivity index (χ1v) is 9.83. The quantitative estimate of drug-likeness (QED) is 0.872. The number of halogens is 2. The molecule has 0 aliphatic carbocycles. The van der Waals surface area contributed by atoms with E-state index in [9.17, 15) is 13.6 Å². The van der Waals surface area contributed by atoms with Crippen LogP contribution in [0.5, 0.6) is 0 Å². The van der Waals surface area contributed by atoms with Gasteiger partial charge in [-0.25, -0.2) is 8.78 Å². The molecule has 114 valence electrons. The maximum atomic E-state index is 13.4. The normalized spacial score (nSPS) is 22.5. The molecule has 4 nitrogen and oxygen atoms in total. The third kappa shape index (κ3) is 2.92. The van der Waals surface area contributed by atoms with Crippen LogP contribution in [-0.2, 0) is 19.6 Å². The van der Waals surface area contributed by atoms with Gasteiger partial charge >= 0.3 is 0 Å². The van der Waals surface area contributed by atoms with Crippen molar-refractivity contribution in [3.8, 4) is 0 Å². The van der Waals surface area contributed by atoms with Gasteiger partial charge in [-0.2, -0.15) is 0 Å². The first kappa shape index (κ1) is 15.5. The number of Topliss-reactive ketones (excluding diaryl/α,β-unsaturated/α-hetero) is 1. The first-order valence-electron chi connectivity index (χ1n) is 6.42. The Morgan fingerprint density at radius 1 is 1.19 bits per heavy atom. The second-order valence-electron chi connectivity index (χ2n) is 6.03. The number of ether oxygens (including phenoxy) is 1. The highest BCUT2D eigenvalue weighted by molar-refractivity contribution is 6.70. The predicted molar refractivity (Wildman–Crippen MR) is 75.4 cm³/mol. The van der Waals surface area contributed by atoms with Gasteiger partial charge in [0.25, 0.3) is 0 Å². The molecule has 2 N–H and O–H groups in total. The molecule has 21 heavy (non-hydrogen) atoms.